The summed E-state index contributed by atoms with van der Waals surface area (Å²) in [6.07, 6.45) is 0. The lowest BCUT2D eigenvalue weighted by Gasteiger charge is -2.14. The predicted molar refractivity (Wildman–Crippen MR) is 86.5 cm³/mol. The molecule has 1 N–H and O–H groups in total. The van der Waals surface area contributed by atoms with E-state index in [0.717, 1.165) is 5.56 Å². The van der Waals surface area contributed by atoms with Crippen LogP contribution in [0.5, 0.6) is 0 Å². The summed E-state index contributed by atoms with van der Waals surface area (Å²) in [6.45, 7) is 2.24. The first kappa shape index (κ1) is 16.3. The van der Waals surface area contributed by atoms with Crippen molar-refractivity contribution in [3.05, 3.63) is 64.1 Å². The summed E-state index contributed by atoms with van der Waals surface area (Å²) in [5.74, 6) is 0.0546. The maximum atomic E-state index is 12.3. The molecule has 0 saturated heterocycles. The van der Waals surface area contributed by atoms with E-state index < -0.39 is 10.0 Å². The van der Waals surface area contributed by atoms with Crippen LogP contribution >= 0.6 is 23.2 Å². The van der Waals surface area contributed by atoms with Gasteiger partial charge in [0.2, 0.25) is 10.0 Å². The summed E-state index contributed by atoms with van der Waals surface area (Å²) in [5, 5.41) is 0.482. The van der Waals surface area contributed by atoms with Gasteiger partial charge in [0, 0.05) is 11.6 Å². The van der Waals surface area contributed by atoms with Crippen LogP contribution < -0.4 is 4.72 Å². The summed E-state index contributed by atoms with van der Waals surface area (Å²) in [7, 11) is -3.68. The molecule has 0 aliphatic rings. The Morgan fingerprint density at radius 1 is 1.10 bits per heavy atom. The highest BCUT2D eigenvalue weighted by molar-refractivity contribution is 7.89. The number of benzene rings is 2. The van der Waals surface area contributed by atoms with Crippen LogP contribution in [-0.2, 0) is 10.0 Å². The third kappa shape index (κ3) is 4.20. The Kier molecular flexibility index (Phi) is 5.27. The van der Waals surface area contributed by atoms with E-state index in [9.17, 15) is 8.42 Å². The van der Waals surface area contributed by atoms with E-state index in [0.29, 0.717) is 5.02 Å². The lowest BCUT2D eigenvalue weighted by atomic mass is 10.0. The Bertz CT molecular complexity index is 718. The normalized spacial score (nSPS) is 13.1. The first-order valence-corrected chi connectivity index (χ1v) is 8.64. The molecule has 0 heterocycles. The molecule has 0 aromatic heterocycles. The fourth-order valence-electron chi connectivity index (χ4n) is 1.90. The summed E-state index contributed by atoms with van der Waals surface area (Å²) in [5.41, 5.74) is 1.07. The van der Waals surface area contributed by atoms with Crippen molar-refractivity contribution in [2.75, 3.05) is 6.54 Å². The molecule has 6 heteroatoms. The number of sulfonamides is 1. The Morgan fingerprint density at radius 3 is 2.43 bits per heavy atom. The topological polar surface area (TPSA) is 46.2 Å². The summed E-state index contributed by atoms with van der Waals surface area (Å²) in [4.78, 5) is -0.00284. The van der Waals surface area contributed by atoms with E-state index in [4.69, 9.17) is 23.2 Å². The molecule has 0 unspecified atom stereocenters. The van der Waals surface area contributed by atoms with E-state index in [1.54, 1.807) is 6.07 Å². The van der Waals surface area contributed by atoms with Gasteiger partial charge in [-0.05, 0) is 29.7 Å². The maximum absolute atomic E-state index is 12.3. The second-order valence-corrected chi connectivity index (χ2v) is 7.32. The second kappa shape index (κ2) is 6.79. The molecule has 0 bridgehead atoms. The van der Waals surface area contributed by atoms with Crippen LogP contribution in [0.15, 0.2) is 53.4 Å². The SMILES string of the molecule is C[C@H](CNS(=O)(=O)c1cc(Cl)ccc1Cl)c1ccccc1. The molecule has 0 fully saturated rings. The monoisotopic (exact) mass is 343 g/mol. The Balaban J connectivity index is 2.13. The minimum atomic E-state index is -3.68. The Labute approximate surface area is 135 Å². The predicted octanol–water partition coefficient (Wildman–Crippen LogP) is 4.08. The molecule has 3 nitrogen and oxygen atoms in total. The minimum Gasteiger partial charge on any atom is -0.211 e. The van der Waals surface area contributed by atoms with Gasteiger partial charge in [0.15, 0.2) is 0 Å². The molecule has 0 spiro atoms. The van der Waals surface area contributed by atoms with Gasteiger partial charge in [-0.15, -0.1) is 0 Å². The molecule has 21 heavy (non-hydrogen) atoms. The molecule has 0 aliphatic carbocycles. The van der Waals surface area contributed by atoms with Crippen molar-refractivity contribution >= 4 is 33.2 Å². The fraction of sp³-hybridized carbons (Fsp3) is 0.200. The van der Waals surface area contributed by atoms with Gasteiger partial charge in [-0.3, -0.25) is 0 Å². The van der Waals surface area contributed by atoms with Crippen molar-refractivity contribution in [2.45, 2.75) is 17.7 Å². The van der Waals surface area contributed by atoms with Gasteiger partial charge in [0.25, 0.3) is 0 Å². The zero-order chi connectivity index (χ0) is 15.5. The van der Waals surface area contributed by atoms with Crippen LogP contribution in [0.4, 0.5) is 0 Å². The van der Waals surface area contributed by atoms with Crippen LogP contribution in [0, 0.1) is 0 Å². The lowest BCUT2D eigenvalue weighted by Crippen LogP contribution is -2.28. The van der Waals surface area contributed by atoms with Crippen molar-refractivity contribution in [3.63, 3.8) is 0 Å². The van der Waals surface area contributed by atoms with Gasteiger partial charge in [-0.1, -0.05) is 60.5 Å². The zero-order valence-corrected chi connectivity index (χ0v) is 13.7. The summed E-state index contributed by atoms with van der Waals surface area (Å²) in [6, 6.07) is 14.1. The number of halogens is 2. The molecule has 1 atom stereocenters. The molecule has 112 valence electrons. The van der Waals surface area contributed by atoms with Gasteiger partial charge < -0.3 is 0 Å². The van der Waals surface area contributed by atoms with Gasteiger partial charge in [0.1, 0.15) is 4.90 Å². The number of rotatable bonds is 5. The number of hydrogen-bond donors (Lipinski definition) is 1. The van der Waals surface area contributed by atoms with Crippen molar-refractivity contribution < 1.29 is 8.42 Å². The summed E-state index contributed by atoms with van der Waals surface area (Å²) < 4.78 is 27.1. The van der Waals surface area contributed by atoms with Crippen LogP contribution in [-0.4, -0.2) is 15.0 Å². The van der Waals surface area contributed by atoms with Crippen LogP contribution in [0.25, 0.3) is 0 Å². The standard InChI is InChI=1S/C15H15Cl2NO2S/c1-11(12-5-3-2-4-6-12)10-18-21(19,20)15-9-13(16)7-8-14(15)17/h2-9,11,18H,10H2,1H3/t11-/m1/s1. The van der Waals surface area contributed by atoms with E-state index >= 15 is 0 Å². The highest BCUT2D eigenvalue weighted by Gasteiger charge is 2.19. The van der Waals surface area contributed by atoms with Gasteiger partial charge in [-0.25, -0.2) is 13.1 Å². The minimum absolute atomic E-state index is 0.00284. The third-order valence-corrected chi connectivity index (χ3v) is 5.27. The average Bonchev–Trinajstić information content (AvgIpc) is 2.48. The molecular weight excluding hydrogens is 329 g/mol. The van der Waals surface area contributed by atoms with Crippen molar-refractivity contribution in [1.82, 2.24) is 4.72 Å². The number of hydrogen-bond acceptors (Lipinski definition) is 2. The highest BCUT2D eigenvalue weighted by Crippen LogP contribution is 2.25. The van der Waals surface area contributed by atoms with E-state index in [1.807, 2.05) is 37.3 Å². The Hall–Kier alpha value is -1.07. The largest absolute Gasteiger partial charge is 0.242 e. The quantitative estimate of drug-likeness (QED) is 0.889. The molecule has 2 rings (SSSR count). The van der Waals surface area contributed by atoms with E-state index in [2.05, 4.69) is 4.72 Å². The fourth-order valence-corrected chi connectivity index (χ4v) is 3.79. The van der Waals surface area contributed by atoms with Crippen molar-refractivity contribution in [2.24, 2.45) is 0 Å². The molecule has 0 amide bonds. The molecule has 0 aliphatic heterocycles. The molecule has 2 aromatic carbocycles. The highest BCUT2D eigenvalue weighted by atomic mass is 35.5. The first-order valence-electron chi connectivity index (χ1n) is 6.40. The second-order valence-electron chi connectivity index (χ2n) is 4.74. The smallest absolute Gasteiger partial charge is 0.211 e. The third-order valence-electron chi connectivity index (χ3n) is 3.13. The van der Waals surface area contributed by atoms with Gasteiger partial charge >= 0.3 is 0 Å². The molecule has 2 aromatic rings. The lowest BCUT2D eigenvalue weighted by molar-refractivity contribution is 0.575. The first-order chi connectivity index (χ1) is 9.90. The molecular formula is C15H15Cl2NO2S. The van der Waals surface area contributed by atoms with E-state index in [1.165, 1.54) is 12.1 Å². The molecule has 0 saturated carbocycles. The van der Waals surface area contributed by atoms with Gasteiger partial charge in [0.05, 0.1) is 5.02 Å². The van der Waals surface area contributed by atoms with Crippen molar-refractivity contribution in [1.29, 1.82) is 0 Å². The summed E-state index contributed by atoms with van der Waals surface area (Å²) >= 11 is 11.8. The van der Waals surface area contributed by atoms with Crippen LogP contribution in [0.3, 0.4) is 0 Å². The Morgan fingerprint density at radius 2 is 1.76 bits per heavy atom. The van der Waals surface area contributed by atoms with Gasteiger partial charge in [-0.2, -0.15) is 0 Å². The number of nitrogens with one attached hydrogen (secondary N) is 1. The van der Waals surface area contributed by atoms with Crippen LogP contribution in [0.1, 0.15) is 18.4 Å². The zero-order valence-electron chi connectivity index (χ0n) is 11.4. The maximum Gasteiger partial charge on any atom is 0.242 e. The van der Waals surface area contributed by atoms with E-state index in [-0.39, 0.29) is 22.4 Å². The van der Waals surface area contributed by atoms with Crippen molar-refractivity contribution in [3.8, 4) is 0 Å². The van der Waals surface area contributed by atoms with Crippen LogP contribution in [0.2, 0.25) is 10.0 Å². The molecule has 0 radical (unpaired) electrons. The average molecular weight is 344 g/mol.